The molecular formula is C14H25N. The van der Waals surface area contributed by atoms with Gasteiger partial charge in [0.15, 0.2) is 0 Å². The van der Waals surface area contributed by atoms with Crippen molar-refractivity contribution in [3.63, 3.8) is 0 Å². The van der Waals surface area contributed by atoms with E-state index in [1.807, 2.05) is 6.20 Å². The van der Waals surface area contributed by atoms with Gasteiger partial charge in [0.05, 0.1) is 0 Å². The molecule has 0 aliphatic heterocycles. The summed E-state index contributed by atoms with van der Waals surface area (Å²) in [6, 6.07) is 4.29. The lowest BCUT2D eigenvalue weighted by atomic mass is 9.87. The molecule has 0 saturated carbocycles. The number of hydrogen-bond acceptors (Lipinski definition) is 1. The summed E-state index contributed by atoms with van der Waals surface area (Å²) in [6.45, 7) is 13.1. The highest BCUT2D eigenvalue weighted by molar-refractivity contribution is 5.23. The molecule has 0 amide bonds. The second kappa shape index (κ2) is 6.60. The molecule has 0 saturated heterocycles. The number of aryl methyl sites for hydroxylation is 1. The Morgan fingerprint density at radius 2 is 1.67 bits per heavy atom. The zero-order chi connectivity index (χ0) is 11.9. The average molecular weight is 207 g/mol. The van der Waals surface area contributed by atoms with E-state index in [1.54, 1.807) is 0 Å². The second-order valence-electron chi connectivity index (χ2n) is 4.85. The predicted octanol–water partition coefficient (Wildman–Crippen LogP) is 4.36. The van der Waals surface area contributed by atoms with Gasteiger partial charge in [0.2, 0.25) is 0 Å². The van der Waals surface area contributed by atoms with Gasteiger partial charge in [0, 0.05) is 11.9 Å². The maximum absolute atomic E-state index is 4.27. The van der Waals surface area contributed by atoms with Crippen LogP contribution in [0, 0.1) is 0 Å². The fourth-order valence-electron chi connectivity index (χ4n) is 1.14. The summed E-state index contributed by atoms with van der Waals surface area (Å²) in [6.07, 6.45) is 4.17. The smallest absolute Gasteiger partial charge is 0.0403 e. The molecule has 1 aromatic heterocycles. The van der Waals surface area contributed by atoms with Gasteiger partial charge in [0.1, 0.15) is 0 Å². The first-order valence-electron chi connectivity index (χ1n) is 5.91. The van der Waals surface area contributed by atoms with Crippen molar-refractivity contribution in [3.05, 3.63) is 29.6 Å². The molecule has 1 aromatic rings. The summed E-state index contributed by atoms with van der Waals surface area (Å²) in [7, 11) is 0. The third kappa shape index (κ3) is 5.56. The van der Waals surface area contributed by atoms with Crippen molar-refractivity contribution in [2.75, 3.05) is 0 Å². The molecular weight excluding hydrogens is 182 g/mol. The maximum atomic E-state index is 4.27. The Balaban J connectivity index is 0.000000583. The molecule has 1 rings (SSSR count). The first-order valence-corrected chi connectivity index (χ1v) is 5.91. The highest BCUT2D eigenvalue weighted by atomic mass is 14.7. The molecule has 0 aliphatic carbocycles. The van der Waals surface area contributed by atoms with Crippen LogP contribution in [0.15, 0.2) is 18.3 Å². The summed E-state index contributed by atoms with van der Waals surface area (Å²) in [4.78, 5) is 4.27. The Morgan fingerprint density at radius 1 is 1.13 bits per heavy atom. The van der Waals surface area contributed by atoms with Crippen LogP contribution in [0.1, 0.15) is 59.2 Å². The normalized spacial score (nSPS) is 10.5. The van der Waals surface area contributed by atoms with Gasteiger partial charge in [0.25, 0.3) is 0 Å². The summed E-state index contributed by atoms with van der Waals surface area (Å²) in [5.74, 6) is 0. The molecule has 0 aromatic carbocycles. The van der Waals surface area contributed by atoms with Crippen molar-refractivity contribution in [2.24, 2.45) is 0 Å². The summed E-state index contributed by atoms with van der Waals surface area (Å²) >= 11 is 0. The molecule has 1 heterocycles. The quantitative estimate of drug-likeness (QED) is 0.667. The summed E-state index contributed by atoms with van der Waals surface area (Å²) in [5.41, 5.74) is 2.80. The molecule has 86 valence electrons. The summed E-state index contributed by atoms with van der Waals surface area (Å²) in [5, 5.41) is 0. The van der Waals surface area contributed by atoms with Crippen LogP contribution < -0.4 is 0 Å². The van der Waals surface area contributed by atoms with Gasteiger partial charge in [-0.25, -0.2) is 0 Å². The van der Waals surface area contributed by atoms with Crippen molar-refractivity contribution >= 4 is 0 Å². The predicted molar refractivity (Wildman–Crippen MR) is 68.3 cm³/mol. The van der Waals surface area contributed by atoms with E-state index in [0.717, 1.165) is 6.42 Å². The van der Waals surface area contributed by atoms with Crippen molar-refractivity contribution in [1.29, 1.82) is 0 Å². The molecule has 0 fully saturated rings. The van der Waals surface area contributed by atoms with Crippen molar-refractivity contribution in [1.82, 2.24) is 4.98 Å². The van der Waals surface area contributed by atoms with Gasteiger partial charge >= 0.3 is 0 Å². The van der Waals surface area contributed by atoms with Crippen molar-refractivity contribution in [2.45, 2.75) is 59.8 Å². The van der Waals surface area contributed by atoms with Gasteiger partial charge in [-0.2, -0.15) is 0 Å². The zero-order valence-corrected chi connectivity index (χ0v) is 11.1. The van der Waals surface area contributed by atoms with Crippen LogP contribution in [0.3, 0.4) is 0 Å². The molecule has 1 nitrogen and oxygen atoms in total. The number of hydrogen-bond donors (Lipinski definition) is 0. The Hall–Kier alpha value is -0.850. The van der Waals surface area contributed by atoms with E-state index >= 15 is 0 Å². The third-order valence-electron chi connectivity index (χ3n) is 2.04. The molecule has 15 heavy (non-hydrogen) atoms. The van der Waals surface area contributed by atoms with Gasteiger partial charge in [-0.3, -0.25) is 4.98 Å². The lowest BCUT2D eigenvalue weighted by Crippen LogP contribution is -2.11. The maximum Gasteiger partial charge on any atom is 0.0403 e. The standard InChI is InChI=1S/C11H17N.C3H8/c1-5-10-8-9(6-7-12-10)11(2,3)4;1-3-2/h6-8H,5H2,1-4H3;3H2,1-2H3. The SMILES string of the molecule is CCC.CCc1cc(C(C)(C)C)ccn1. The zero-order valence-electron chi connectivity index (χ0n) is 11.1. The van der Waals surface area contributed by atoms with Crippen molar-refractivity contribution in [3.8, 4) is 0 Å². The minimum Gasteiger partial charge on any atom is -0.261 e. The molecule has 0 atom stereocenters. The van der Waals surface area contributed by atoms with E-state index in [1.165, 1.54) is 17.7 Å². The van der Waals surface area contributed by atoms with Gasteiger partial charge < -0.3 is 0 Å². The van der Waals surface area contributed by atoms with Crippen LogP contribution in [-0.2, 0) is 11.8 Å². The number of aromatic nitrogens is 1. The minimum atomic E-state index is 0.243. The van der Waals surface area contributed by atoms with E-state index in [0.29, 0.717) is 0 Å². The third-order valence-corrected chi connectivity index (χ3v) is 2.04. The topological polar surface area (TPSA) is 12.9 Å². The average Bonchev–Trinajstić information content (AvgIpc) is 2.18. The van der Waals surface area contributed by atoms with Crippen LogP contribution in [0.25, 0.3) is 0 Å². The van der Waals surface area contributed by atoms with E-state index in [4.69, 9.17) is 0 Å². The lowest BCUT2D eigenvalue weighted by molar-refractivity contribution is 0.588. The van der Waals surface area contributed by atoms with Crippen molar-refractivity contribution < 1.29 is 0 Å². The Labute approximate surface area is 94.9 Å². The van der Waals surface area contributed by atoms with Gasteiger partial charge in [-0.15, -0.1) is 0 Å². The molecule has 0 unspecified atom stereocenters. The van der Waals surface area contributed by atoms with Gasteiger partial charge in [-0.1, -0.05) is 48.0 Å². The fraction of sp³-hybridized carbons (Fsp3) is 0.643. The monoisotopic (exact) mass is 207 g/mol. The number of nitrogens with zero attached hydrogens (tertiary/aromatic N) is 1. The first-order chi connectivity index (χ1) is 6.95. The van der Waals surface area contributed by atoms with Crippen LogP contribution >= 0.6 is 0 Å². The number of rotatable bonds is 1. The lowest BCUT2D eigenvalue weighted by Gasteiger charge is -2.19. The molecule has 0 bridgehead atoms. The Morgan fingerprint density at radius 3 is 2.07 bits per heavy atom. The van der Waals surface area contributed by atoms with Gasteiger partial charge in [-0.05, 0) is 29.5 Å². The number of pyridine rings is 1. The highest BCUT2D eigenvalue weighted by Gasteiger charge is 2.13. The largest absolute Gasteiger partial charge is 0.261 e. The van der Waals surface area contributed by atoms with E-state index in [9.17, 15) is 0 Å². The Kier molecular flexibility index (Phi) is 6.23. The highest BCUT2D eigenvalue weighted by Crippen LogP contribution is 2.21. The van der Waals surface area contributed by atoms with Crippen LogP contribution in [-0.4, -0.2) is 4.98 Å². The van der Waals surface area contributed by atoms with Crippen LogP contribution in [0.4, 0.5) is 0 Å². The van der Waals surface area contributed by atoms with E-state index in [2.05, 4.69) is 58.7 Å². The van der Waals surface area contributed by atoms with Crippen LogP contribution in [0.2, 0.25) is 0 Å². The molecule has 0 radical (unpaired) electrons. The van der Waals surface area contributed by atoms with Crippen LogP contribution in [0.5, 0.6) is 0 Å². The molecule has 0 N–H and O–H groups in total. The minimum absolute atomic E-state index is 0.243. The second-order valence-corrected chi connectivity index (χ2v) is 4.85. The Bertz CT molecular complexity index is 271. The first kappa shape index (κ1) is 14.2. The van der Waals surface area contributed by atoms with E-state index in [-0.39, 0.29) is 5.41 Å². The molecule has 1 heteroatoms. The summed E-state index contributed by atoms with van der Waals surface area (Å²) < 4.78 is 0. The molecule has 0 aliphatic rings. The molecule has 0 spiro atoms. The van der Waals surface area contributed by atoms with E-state index < -0.39 is 0 Å². The fourth-order valence-corrected chi connectivity index (χ4v) is 1.14.